The fraction of sp³-hybridized carbons (Fsp3) is 0.679. The second-order valence-corrected chi connectivity index (χ2v) is 13.5. The smallest absolute Gasteiger partial charge is 0.324 e. The number of benzene rings is 1. The zero-order valence-electron chi connectivity index (χ0n) is 24.1. The number of rotatable bonds is 16. The van der Waals surface area contributed by atoms with Crippen LogP contribution in [0.3, 0.4) is 0 Å². The van der Waals surface area contributed by atoms with Crippen LogP contribution in [0, 0.1) is 17.3 Å². The maximum absolute atomic E-state index is 13.2. The van der Waals surface area contributed by atoms with Crippen molar-refractivity contribution in [3.05, 3.63) is 35.9 Å². The third kappa shape index (κ3) is 9.25. The number of hydrogen-bond acceptors (Lipinski definition) is 6. The fourth-order valence-electron chi connectivity index (χ4n) is 5.06. The maximum atomic E-state index is 13.2. The average molecular weight is 583 g/mol. The van der Waals surface area contributed by atoms with Crippen LogP contribution in [0.4, 0.5) is 0 Å². The first-order valence-corrected chi connectivity index (χ1v) is 15.3. The Kier molecular flexibility index (Phi) is 11.7. The summed E-state index contributed by atoms with van der Waals surface area (Å²) in [6.07, 6.45) is 1.04. The van der Waals surface area contributed by atoms with E-state index >= 15 is 0 Å². The number of carbonyl (C=O) groups is 3. The Labute approximate surface area is 237 Å². The van der Waals surface area contributed by atoms with Crippen LogP contribution in [-0.2, 0) is 31.0 Å². The number of carboxylic acid groups (broad SMARTS) is 1. The normalized spacial score (nSPS) is 18.6. The van der Waals surface area contributed by atoms with Gasteiger partial charge in [-0.2, -0.15) is 17.9 Å². The van der Waals surface area contributed by atoms with Crippen molar-refractivity contribution in [2.24, 2.45) is 23.0 Å². The zero-order chi connectivity index (χ0) is 30.3. The van der Waals surface area contributed by atoms with Gasteiger partial charge in [-0.1, -0.05) is 77.8 Å². The van der Waals surface area contributed by atoms with Gasteiger partial charge in [0, 0.05) is 12.0 Å². The number of aliphatic hydroxyl groups excluding tert-OH is 1. The van der Waals surface area contributed by atoms with Crippen molar-refractivity contribution in [1.29, 1.82) is 0 Å². The van der Waals surface area contributed by atoms with E-state index in [-0.39, 0.29) is 31.6 Å². The van der Waals surface area contributed by atoms with E-state index in [2.05, 4.69) is 14.8 Å². The number of nitrogens with one attached hydrogen (secondary N) is 3. The third-order valence-corrected chi connectivity index (χ3v) is 9.30. The van der Waals surface area contributed by atoms with Gasteiger partial charge in [-0.05, 0) is 43.6 Å². The van der Waals surface area contributed by atoms with Crippen LogP contribution in [0.2, 0.25) is 0 Å². The summed E-state index contributed by atoms with van der Waals surface area (Å²) < 4.78 is 31.1. The number of carboxylic acids is 1. The van der Waals surface area contributed by atoms with Crippen LogP contribution in [-0.4, -0.2) is 60.1 Å². The van der Waals surface area contributed by atoms with Crippen LogP contribution < -0.4 is 20.5 Å². The monoisotopic (exact) mass is 582 g/mol. The Bertz CT molecular complexity index is 1120. The second-order valence-electron chi connectivity index (χ2n) is 12.1. The summed E-state index contributed by atoms with van der Waals surface area (Å²) in [4.78, 5) is 37.0. The van der Waals surface area contributed by atoms with Gasteiger partial charge in [-0.25, -0.2) is 0 Å². The van der Waals surface area contributed by atoms with Gasteiger partial charge >= 0.3 is 5.97 Å². The lowest BCUT2D eigenvalue weighted by molar-refractivity contribution is -0.143. The molecule has 12 heteroatoms. The Morgan fingerprint density at radius 2 is 1.62 bits per heavy atom. The van der Waals surface area contributed by atoms with Crippen molar-refractivity contribution >= 4 is 28.0 Å². The van der Waals surface area contributed by atoms with Gasteiger partial charge in [-0.15, -0.1) is 0 Å². The van der Waals surface area contributed by atoms with Gasteiger partial charge in [0.25, 0.3) is 10.2 Å². The Balaban J connectivity index is 2.27. The fourth-order valence-corrected chi connectivity index (χ4v) is 6.56. The standard InChI is InChI=1S/C28H46N4O7S/c1-18(2)15-21(31-40(38,39)32-28(26(36)37)13-9-10-14-28)17-23(33)22(16-20-11-7-6-8-12-20)30-24(34)19(3)27(4,5)25(29)35/h6-8,11-12,18-19,21-23,31-33H,9-10,13-17H2,1-5H3,(H2,29,35)(H,30,34)(H,36,37)/t19-,21?,22-,23+/m0/s1. The topological polar surface area (TPSA) is 188 Å². The molecule has 1 aliphatic carbocycles. The summed E-state index contributed by atoms with van der Waals surface area (Å²) >= 11 is 0. The lowest BCUT2D eigenvalue weighted by Crippen LogP contribution is -2.58. The van der Waals surface area contributed by atoms with Gasteiger partial charge in [0.2, 0.25) is 11.8 Å². The van der Waals surface area contributed by atoms with E-state index < -0.39 is 63.1 Å². The van der Waals surface area contributed by atoms with Crippen molar-refractivity contribution in [1.82, 2.24) is 14.8 Å². The van der Waals surface area contributed by atoms with E-state index in [1.54, 1.807) is 20.8 Å². The Morgan fingerprint density at radius 1 is 1.05 bits per heavy atom. The molecule has 4 atom stereocenters. The molecule has 0 bridgehead atoms. The molecule has 1 aromatic carbocycles. The SMILES string of the molecule is CC(C)CC(C[C@@H](O)[C@H](Cc1ccccc1)NC(=O)[C@H](C)C(C)(C)C(N)=O)NS(=O)(=O)NC1(C(=O)O)CCCC1. The van der Waals surface area contributed by atoms with E-state index in [4.69, 9.17) is 5.73 Å². The largest absolute Gasteiger partial charge is 0.480 e. The number of primary amides is 1. The molecule has 1 saturated carbocycles. The van der Waals surface area contributed by atoms with Crippen LogP contribution in [0.5, 0.6) is 0 Å². The molecule has 1 aromatic rings. The number of hydrogen-bond donors (Lipinski definition) is 6. The summed E-state index contributed by atoms with van der Waals surface area (Å²) in [6, 6.07) is 7.69. The lowest BCUT2D eigenvalue weighted by atomic mass is 9.78. The van der Waals surface area contributed by atoms with Gasteiger partial charge in [0.1, 0.15) is 5.54 Å². The van der Waals surface area contributed by atoms with Crippen LogP contribution in [0.15, 0.2) is 30.3 Å². The molecule has 1 fully saturated rings. The van der Waals surface area contributed by atoms with Crippen molar-refractivity contribution in [3.63, 3.8) is 0 Å². The molecule has 1 aliphatic rings. The quantitative estimate of drug-likeness (QED) is 0.171. The molecule has 0 aliphatic heterocycles. The molecule has 0 saturated heterocycles. The molecule has 226 valence electrons. The first kappa shape index (κ1) is 33.7. The van der Waals surface area contributed by atoms with Crippen molar-refractivity contribution in [2.75, 3.05) is 0 Å². The van der Waals surface area contributed by atoms with Crippen LogP contribution >= 0.6 is 0 Å². The van der Waals surface area contributed by atoms with E-state index in [9.17, 15) is 33.0 Å². The van der Waals surface area contributed by atoms with Gasteiger partial charge in [-0.3, -0.25) is 14.4 Å². The maximum Gasteiger partial charge on any atom is 0.324 e. The van der Waals surface area contributed by atoms with Crippen molar-refractivity contribution in [2.45, 2.75) is 103 Å². The number of aliphatic carboxylic acids is 1. The van der Waals surface area contributed by atoms with E-state index in [0.29, 0.717) is 19.3 Å². The average Bonchev–Trinajstić information content (AvgIpc) is 3.31. The minimum Gasteiger partial charge on any atom is -0.480 e. The summed E-state index contributed by atoms with van der Waals surface area (Å²) in [5.41, 5.74) is 3.67. The number of amides is 2. The Morgan fingerprint density at radius 3 is 2.12 bits per heavy atom. The molecule has 40 heavy (non-hydrogen) atoms. The van der Waals surface area contributed by atoms with E-state index in [1.165, 1.54) is 0 Å². The molecule has 1 unspecified atom stereocenters. The molecular weight excluding hydrogens is 536 g/mol. The molecule has 0 spiro atoms. The highest BCUT2D eigenvalue weighted by Gasteiger charge is 2.45. The summed E-state index contributed by atoms with van der Waals surface area (Å²) in [7, 11) is -4.24. The number of aliphatic hydroxyl groups is 1. The molecule has 11 nitrogen and oxygen atoms in total. The Hall–Kier alpha value is -2.54. The highest BCUT2D eigenvalue weighted by molar-refractivity contribution is 7.87. The van der Waals surface area contributed by atoms with Gasteiger partial charge < -0.3 is 21.3 Å². The third-order valence-electron chi connectivity index (χ3n) is 8.00. The summed E-state index contributed by atoms with van der Waals surface area (Å²) in [6.45, 7) is 8.57. The molecule has 0 radical (unpaired) electrons. The van der Waals surface area contributed by atoms with Crippen LogP contribution in [0.1, 0.15) is 78.7 Å². The first-order chi connectivity index (χ1) is 18.5. The predicted octanol–water partition coefficient (Wildman–Crippen LogP) is 1.85. The lowest BCUT2D eigenvalue weighted by Gasteiger charge is -2.33. The highest BCUT2D eigenvalue weighted by Crippen LogP contribution is 2.31. The molecule has 2 amide bonds. The van der Waals surface area contributed by atoms with Crippen LogP contribution in [0.25, 0.3) is 0 Å². The van der Waals surface area contributed by atoms with E-state index in [0.717, 1.165) is 5.56 Å². The first-order valence-electron chi connectivity index (χ1n) is 13.9. The van der Waals surface area contributed by atoms with E-state index in [1.807, 2.05) is 44.2 Å². The molecule has 7 N–H and O–H groups in total. The number of nitrogens with two attached hydrogens (primary N) is 1. The molecule has 2 rings (SSSR count). The second kappa shape index (κ2) is 13.9. The number of carbonyl (C=O) groups excluding carboxylic acids is 2. The highest BCUT2D eigenvalue weighted by atomic mass is 32.2. The summed E-state index contributed by atoms with van der Waals surface area (Å²) in [5.74, 6) is -3.04. The van der Waals surface area contributed by atoms with Gasteiger partial charge in [0.05, 0.1) is 17.6 Å². The molecule has 0 aromatic heterocycles. The van der Waals surface area contributed by atoms with Crippen molar-refractivity contribution < 1.29 is 33.0 Å². The molecular formula is C28H46N4O7S. The van der Waals surface area contributed by atoms with Gasteiger partial charge in [0.15, 0.2) is 0 Å². The zero-order valence-corrected chi connectivity index (χ0v) is 25.0. The van der Waals surface area contributed by atoms with Crippen molar-refractivity contribution in [3.8, 4) is 0 Å². The minimum atomic E-state index is -4.24. The molecule has 0 heterocycles. The minimum absolute atomic E-state index is 0.0372. The summed E-state index contributed by atoms with van der Waals surface area (Å²) in [5, 5.41) is 23.9. The predicted molar refractivity (Wildman–Crippen MR) is 152 cm³/mol.